The van der Waals surface area contributed by atoms with Crippen LogP contribution in [0.1, 0.15) is 5.56 Å². The second-order valence-electron chi connectivity index (χ2n) is 4.09. The number of allylic oxidation sites excluding steroid dienone is 1. The smallest absolute Gasteiger partial charge is 0.341 e. The number of benzene rings is 1. The Bertz CT molecular complexity index is 641. The summed E-state index contributed by atoms with van der Waals surface area (Å²) < 4.78 is 0.523. The predicted octanol–water partition coefficient (Wildman–Crippen LogP) is 1.82. The Morgan fingerprint density at radius 2 is 1.90 bits per heavy atom. The van der Waals surface area contributed by atoms with E-state index in [4.69, 9.17) is 5.11 Å². The van der Waals surface area contributed by atoms with Gasteiger partial charge in [-0.3, -0.25) is 4.79 Å². The Hall–Kier alpha value is -1.86. The average molecular weight is 323 g/mol. The second kappa shape index (κ2) is 6.73. The van der Waals surface area contributed by atoms with E-state index in [2.05, 4.69) is 0 Å². The van der Waals surface area contributed by atoms with Crippen molar-refractivity contribution in [3.05, 3.63) is 39.6 Å². The lowest BCUT2D eigenvalue weighted by Gasteiger charge is -2.07. The number of rotatable bonds is 4. The molecule has 0 spiro atoms. The van der Waals surface area contributed by atoms with Gasteiger partial charge in [-0.15, -0.1) is 23.5 Å². The molecule has 0 bridgehead atoms. The molecule has 2 N–H and O–H groups in total. The zero-order valence-electron chi connectivity index (χ0n) is 10.7. The number of carboxylic acids is 1. The molecular formula is C14H11O5S2-. The van der Waals surface area contributed by atoms with Crippen molar-refractivity contribution in [1.29, 1.82) is 0 Å². The van der Waals surface area contributed by atoms with Crippen molar-refractivity contribution < 1.29 is 24.9 Å². The highest BCUT2D eigenvalue weighted by Crippen LogP contribution is 2.39. The molecule has 0 amide bonds. The molecule has 0 aromatic heterocycles. The van der Waals surface area contributed by atoms with Crippen LogP contribution in [0.5, 0.6) is 11.5 Å². The maximum Gasteiger partial charge on any atom is 0.341 e. The summed E-state index contributed by atoms with van der Waals surface area (Å²) in [7, 11) is 0. The first-order valence-electron chi connectivity index (χ1n) is 5.94. The van der Waals surface area contributed by atoms with E-state index in [1.807, 2.05) is 0 Å². The van der Waals surface area contributed by atoms with E-state index in [1.165, 1.54) is 47.8 Å². The first-order chi connectivity index (χ1) is 9.99. The molecule has 0 atom stereocenters. The number of phenols is 1. The number of carbonyl (C=O) groups excluding carboxylic acids is 1. The van der Waals surface area contributed by atoms with Gasteiger partial charge in [0.2, 0.25) is 0 Å². The van der Waals surface area contributed by atoms with Gasteiger partial charge in [0, 0.05) is 11.5 Å². The van der Waals surface area contributed by atoms with Gasteiger partial charge in [-0.05, 0) is 17.7 Å². The van der Waals surface area contributed by atoms with Crippen LogP contribution in [-0.4, -0.2) is 33.5 Å². The normalized spacial score (nSPS) is 14.6. The van der Waals surface area contributed by atoms with Crippen LogP contribution >= 0.6 is 23.5 Å². The Balaban J connectivity index is 2.22. The lowest BCUT2D eigenvalue weighted by molar-refractivity contribution is -0.270. The van der Waals surface area contributed by atoms with E-state index in [9.17, 15) is 19.8 Å². The van der Waals surface area contributed by atoms with E-state index in [-0.39, 0.29) is 5.57 Å². The summed E-state index contributed by atoms with van der Waals surface area (Å²) >= 11 is 2.72. The van der Waals surface area contributed by atoms with Crippen molar-refractivity contribution in [2.45, 2.75) is 0 Å². The summed E-state index contributed by atoms with van der Waals surface area (Å²) in [5.41, 5.74) is 0.213. The fourth-order valence-electron chi connectivity index (χ4n) is 1.64. The van der Waals surface area contributed by atoms with Gasteiger partial charge in [0.15, 0.2) is 5.78 Å². The molecule has 1 aromatic rings. The molecule has 0 radical (unpaired) electrons. The van der Waals surface area contributed by atoms with Gasteiger partial charge in [0.25, 0.3) is 0 Å². The van der Waals surface area contributed by atoms with Crippen LogP contribution in [0.15, 0.2) is 34.1 Å². The molecule has 1 aromatic carbocycles. The minimum absolute atomic E-state index is 0.233. The van der Waals surface area contributed by atoms with Gasteiger partial charge in [0.1, 0.15) is 11.3 Å². The van der Waals surface area contributed by atoms with E-state index in [0.717, 1.165) is 17.6 Å². The number of phenolic OH excluding ortho intramolecular Hbond substituents is 1. The Kier molecular flexibility index (Phi) is 4.98. The van der Waals surface area contributed by atoms with Gasteiger partial charge in [0.05, 0.1) is 4.24 Å². The lowest BCUT2D eigenvalue weighted by atomic mass is 10.1. The Morgan fingerprint density at radius 1 is 1.24 bits per heavy atom. The number of ketones is 1. The highest BCUT2D eigenvalue weighted by molar-refractivity contribution is 8.25. The monoisotopic (exact) mass is 323 g/mol. The Morgan fingerprint density at radius 3 is 2.48 bits per heavy atom. The second-order valence-corrected chi connectivity index (χ2v) is 6.56. The van der Waals surface area contributed by atoms with Gasteiger partial charge in [-0.1, -0.05) is 24.0 Å². The molecular weight excluding hydrogens is 312 g/mol. The van der Waals surface area contributed by atoms with Crippen LogP contribution in [0, 0.1) is 0 Å². The van der Waals surface area contributed by atoms with Crippen LogP contribution in [-0.2, 0) is 9.59 Å². The van der Waals surface area contributed by atoms with Crippen molar-refractivity contribution in [3.63, 3.8) is 0 Å². The maximum absolute atomic E-state index is 12.0. The number of carbonyl (C=O) groups is 2. The number of carboxylic acid groups (broad SMARTS) is 1. The molecule has 1 aliphatic rings. The largest absolute Gasteiger partial charge is 0.870 e. The van der Waals surface area contributed by atoms with Crippen LogP contribution in [0.3, 0.4) is 0 Å². The molecule has 2 rings (SSSR count). The number of thioether (sulfide) groups is 2. The van der Waals surface area contributed by atoms with E-state index >= 15 is 0 Å². The first kappa shape index (κ1) is 15.5. The third-order valence-corrected chi connectivity index (χ3v) is 5.34. The number of hydrogen-bond donors (Lipinski definition) is 2. The Labute approximate surface area is 129 Å². The first-order valence-corrected chi connectivity index (χ1v) is 7.92. The van der Waals surface area contributed by atoms with E-state index in [0.29, 0.717) is 9.80 Å². The summed E-state index contributed by atoms with van der Waals surface area (Å²) in [6.45, 7) is 0. The molecule has 5 nitrogen and oxygen atoms in total. The lowest BCUT2D eigenvalue weighted by Crippen LogP contribution is -2.11. The van der Waals surface area contributed by atoms with Crippen molar-refractivity contribution in [2.75, 3.05) is 11.5 Å². The van der Waals surface area contributed by atoms with Gasteiger partial charge in [-0.25, -0.2) is 4.79 Å². The third kappa shape index (κ3) is 3.83. The van der Waals surface area contributed by atoms with Crippen molar-refractivity contribution in [1.82, 2.24) is 0 Å². The molecule has 1 saturated heterocycles. The predicted molar refractivity (Wildman–Crippen MR) is 81.2 cm³/mol. The van der Waals surface area contributed by atoms with Crippen LogP contribution in [0.4, 0.5) is 0 Å². The molecule has 0 aliphatic carbocycles. The highest BCUT2D eigenvalue weighted by Gasteiger charge is 2.24. The number of aliphatic carboxylic acids is 1. The molecule has 1 fully saturated rings. The van der Waals surface area contributed by atoms with E-state index in [1.54, 1.807) is 0 Å². The summed E-state index contributed by atoms with van der Waals surface area (Å²) in [6.07, 6.45) is 2.50. The zero-order valence-corrected chi connectivity index (χ0v) is 12.4. The molecule has 0 unspecified atom stereocenters. The van der Waals surface area contributed by atoms with E-state index < -0.39 is 23.3 Å². The summed E-state index contributed by atoms with van der Waals surface area (Å²) in [6, 6.07) is 3.84. The topological polar surface area (TPSA) is 97.7 Å². The fourth-order valence-corrected chi connectivity index (χ4v) is 4.18. The summed E-state index contributed by atoms with van der Waals surface area (Å²) in [5.74, 6) is -1.21. The van der Waals surface area contributed by atoms with Gasteiger partial charge < -0.3 is 15.3 Å². The van der Waals surface area contributed by atoms with Crippen LogP contribution < -0.4 is 5.11 Å². The van der Waals surface area contributed by atoms with Gasteiger partial charge in [-0.2, -0.15) is 0 Å². The quantitative estimate of drug-likeness (QED) is 0.495. The highest BCUT2D eigenvalue weighted by atomic mass is 32.2. The van der Waals surface area contributed by atoms with Crippen molar-refractivity contribution in [3.8, 4) is 11.5 Å². The molecule has 7 heteroatoms. The minimum atomic E-state index is -1.25. The molecule has 1 heterocycles. The SMILES string of the molecule is O=C(O)C(C(=O)/C=C/c1ccc([O-])c(O)c1)=C1SCCS1. The standard InChI is InChI=1S/C14H12O5S2/c15-9-3-1-8(7-11(9)17)2-4-10(16)12(13(18)19)14-20-5-6-21-14/h1-4,7,15,17H,5-6H2,(H,18,19)/p-1/b4-2+. The number of aromatic hydroxyl groups is 1. The molecule has 21 heavy (non-hydrogen) atoms. The molecule has 0 saturated carbocycles. The van der Waals surface area contributed by atoms with Gasteiger partial charge >= 0.3 is 5.97 Å². The maximum atomic E-state index is 12.0. The third-order valence-electron chi connectivity index (χ3n) is 2.62. The summed E-state index contributed by atoms with van der Waals surface area (Å²) in [4.78, 5) is 23.2. The van der Waals surface area contributed by atoms with Crippen LogP contribution in [0.2, 0.25) is 0 Å². The van der Waals surface area contributed by atoms with Crippen molar-refractivity contribution in [2.24, 2.45) is 0 Å². The van der Waals surface area contributed by atoms with Crippen molar-refractivity contribution >= 4 is 41.4 Å². The molecule has 1 aliphatic heterocycles. The zero-order chi connectivity index (χ0) is 15.4. The minimum Gasteiger partial charge on any atom is -0.870 e. The fraction of sp³-hybridized carbons (Fsp3) is 0.143. The van der Waals surface area contributed by atoms with Crippen LogP contribution in [0.25, 0.3) is 6.08 Å². The number of hydrogen-bond acceptors (Lipinski definition) is 6. The summed E-state index contributed by atoms with van der Waals surface area (Å²) in [5, 5.41) is 29.5. The molecule has 110 valence electrons. The average Bonchev–Trinajstić information content (AvgIpc) is 2.93.